The summed E-state index contributed by atoms with van der Waals surface area (Å²) in [4.78, 5) is 0. The smallest absolute Gasteiger partial charge is 0.328 e. The van der Waals surface area contributed by atoms with Crippen molar-refractivity contribution in [3.63, 3.8) is 0 Å². The number of aliphatic hydroxyl groups excluding tert-OH is 1. The first kappa shape index (κ1) is 72.4. The molecule has 0 amide bonds. The van der Waals surface area contributed by atoms with Crippen molar-refractivity contribution in [1.82, 2.24) is 0 Å². The van der Waals surface area contributed by atoms with Gasteiger partial charge in [-0.05, 0) is 98.2 Å². The van der Waals surface area contributed by atoms with Gasteiger partial charge in [-0.1, -0.05) is 111 Å². The molecule has 4 aliphatic rings. The summed E-state index contributed by atoms with van der Waals surface area (Å²) in [5.41, 5.74) is 0.884. The highest BCUT2D eigenvalue weighted by atomic mass is 31.2. The summed E-state index contributed by atoms with van der Waals surface area (Å²) >= 11 is 0. The molecular weight excluding hydrogens is 1140 g/mol. The van der Waals surface area contributed by atoms with Crippen molar-refractivity contribution in [1.29, 1.82) is 0 Å². The second kappa shape index (κ2) is 26.7. The van der Waals surface area contributed by atoms with Crippen LogP contribution in [0, 0.1) is 0 Å². The maximum absolute atomic E-state index is 14.9. The van der Waals surface area contributed by atoms with Crippen molar-refractivity contribution in [3.8, 4) is 0 Å². The molecule has 18 nitrogen and oxygen atoms in total. The molecule has 7 unspecified atom stereocenters. The highest BCUT2D eigenvalue weighted by molar-refractivity contribution is 7.53. The first-order valence-corrected chi connectivity index (χ1v) is 46.1. The van der Waals surface area contributed by atoms with Gasteiger partial charge in [0, 0.05) is 20.0 Å². The minimum absolute atomic E-state index is 0.0806. The van der Waals surface area contributed by atoms with Gasteiger partial charge in [-0.3, -0.25) is 27.3 Å². The largest absolute Gasteiger partial charge is 0.409 e. The fourth-order valence-electron chi connectivity index (χ4n) is 10.7. The summed E-state index contributed by atoms with van der Waals surface area (Å²) in [7, 11) is -21.5. The van der Waals surface area contributed by atoms with Crippen molar-refractivity contribution in [2.45, 2.75) is 301 Å². The van der Waals surface area contributed by atoms with Gasteiger partial charge in [0.25, 0.3) is 0 Å². The van der Waals surface area contributed by atoms with E-state index in [1.165, 1.54) is 20.0 Å². The molecule has 4 rings (SSSR count). The Morgan fingerprint density at radius 3 is 1.20 bits per heavy atom. The lowest BCUT2D eigenvalue weighted by atomic mass is 10.1. The molecule has 25 heteroatoms. The van der Waals surface area contributed by atoms with Gasteiger partial charge >= 0.3 is 22.8 Å². The number of ether oxygens (including phenoxy) is 4. The van der Waals surface area contributed by atoms with Crippen molar-refractivity contribution >= 4 is 56.1 Å². The van der Waals surface area contributed by atoms with E-state index in [1.54, 1.807) is 0 Å². The van der Waals surface area contributed by atoms with E-state index in [9.17, 15) is 18.8 Å². The Hall–Kier alpha value is 0.958. The number of hydrogen-bond acceptors (Lipinski definition) is 18. The van der Waals surface area contributed by atoms with Crippen LogP contribution in [0.4, 0.5) is 0 Å². The standard InChI is InChI=1S/C54H113O18P3Si4/c1-29-40-50(47(38(9)63-40)70-77(25,26)53(14,15)16)67-75(22,58)62-33-43-51(48(39(10)65-43)71-78(27,28)54(17,18)19)68-74(21,57)61-32-42-49(44(30-59-42)69-76(23,24)52(11,12)13)66-73(20,56)60-31-41-45(55)46(37(8)64-41)72-79(34(2)3,35(4)5)36(6)7/h34-51,55H,29-33H2,1-28H3/t37-,38-,39-,40+,41+,42+,43+,44?,45-,46?,47?,48?,49-,50-,51-,73?,74?,75?/m0/s1. The van der Waals surface area contributed by atoms with Crippen LogP contribution in [-0.2, 0) is 77.5 Å². The predicted octanol–water partition coefficient (Wildman–Crippen LogP) is 13.9. The van der Waals surface area contributed by atoms with Crippen molar-refractivity contribution in [2.24, 2.45) is 0 Å². The van der Waals surface area contributed by atoms with Crippen LogP contribution in [0.25, 0.3) is 0 Å². The monoisotopic (exact) mass is 1250 g/mol. The zero-order chi connectivity index (χ0) is 60.8. The average molecular weight is 1260 g/mol. The zero-order valence-corrected chi connectivity index (χ0v) is 60.8. The number of hydrogen-bond donors (Lipinski definition) is 1. The van der Waals surface area contributed by atoms with E-state index >= 15 is 0 Å². The highest BCUT2D eigenvalue weighted by Crippen LogP contribution is 2.55. The summed E-state index contributed by atoms with van der Waals surface area (Å²) < 4.78 is 135. The quantitative estimate of drug-likeness (QED) is 0.0600. The summed E-state index contributed by atoms with van der Waals surface area (Å²) in [6, 6.07) is 0. The summed E-state index contributed by atoms with van der Waals surface area (Å²) in [5, 5.41) is 11.2. The topological polar surface area (TPSA) is 201 Å². The molecule has 18 atom stereocenters. The fourth-order valence-corrected chi connectivity index (χ4v) is 23.9. The van der Waals surface area contributed by atoms with E-state index in [0.29, 0.717) is 23.0 Å². The Morgan fingerprint density at radius 2 is 0.810 bits per heavy atom. The molecular formula is C54H113O18P3Si4. The van der Waals surface area contributed by atoms with E-state index in [0.717, 1.165) is 0 Å². The maximum Gasteiger partial charge on any atom is 0.328 e. The molecule has 468 valence electrons. The molecule has 0 bridgehead atoms. The summed E-state index contributed by atoms with van der Waals surface area (Å²) in [6.07, 6.45) is -9.77. The third kappa shape index (κ3) is 17.8. The maximum atomic E-state index is 14.9. The third-order valence-electron chi connectivity index (χ3n) is 18.4. The van der Waals surface area contributed by atoms with Crippen LogP contribution in [0.15, 0.2) is 0 Å². The van der Waals surface area contributed by atoms with Gasteiger partial charge in [-0.25, -0.2) is 0 Å². The molecule has 0 saturated carbocycles. The van der Waals surface area contributed by atoms with Gasteiger partial charge in [-0.2, -0.15) is 0 Å². The molecule has 0 radical (unpaired) electrons. The van der Waals surface area contributed by atoms with Crippen LogP contribution in [0.1, 0.15) is 138 Å². The SMILES string of the molecule is CC[C@H]1O[C@@H](C)C(O[Si](C)(C)C(C)(C)C)[C@H]1OP(C)(=O)OC[C@H]1O[C@@H](C)C(O[Si](C)(C)C(C)(C)C)[C@H]1OP(C)(=O)OC[C@H]1OCC(O[Si](C)(C)C(C)(C)C)[C@H]1OP(C)(=O)OC[C@H]1O[C@@H](C)C(O[Si](C(C)C)(C(C)C)C(C)C)[C@H]1O. The first-order valence-electron chi connectivity index (χ1n) is 29.2. The predicted molar refractivity (Wildman–Crippen MR) is 324 cm³/mol. The lowest BCUT2D eigenvalue weighted by Gasteiger charge is -2.45. The second-order valence-electron chi connectivity index (χ2n) is 28.8. The second-order valence-corrected chi connectivity index (χ2v) is 54.5. The van der Waals surface area contributed by atoms with E-state index < -0.39 is 135 Å². The van der Waals surface area contributed by atoms with E-state index in [1.807, 2.05) is 27.7 Å². The molecule has 1 N–H and O–H groups in total. The number of aliphatic hydroxyl groups is 1. The van der Waals surface area contributed by atoms with Gasteiger partial charge in [0.2, 0.25) is 8.32 Å². The molecule has 79 heavy (non-hydrogen) atoms. The van der Waals surface area contributed by atoms with Gasteiger partial charge in [-0.15, -0.1) is 0 Å². The van der Waals surface area contributed by atoms with E-state index in [2.05, 4.69) is 143 Å². The minimum Gasteiger partial charge on any atom is -0.409 e. The third-order valence-corrected chi connectivity index (χ3v) is 41.7. The van der Waals surface area contributed by atoms with Crippen LogP contribution >= 0.6 is 22.8 Å². The summed E-state index contributed by atoms with van der Waals surface area (Å²) in [5.74, 6) is 0. The number of rotatable bonds is 27. The summed E-state index contributed by atoms with van der Waals surface area (Å²) in [6.45, 7) is 56.5. The average Bonchev–Trinajstić information content (AvgIpc) is 3.95. The first-order chi connectivity index (χ1) is 35.6. The molecule has 4 fully saturated rings. The van der Waals surface area contributed by atoms with Crippen molar-refractivity contribution in [3.05, 3.63) is 0 Å². The Morgan fingerprint density at radius 1 is 0.481 bits per heavy atom. The molecule has 4 heterocycles. The van der Waals surface area contributed by atoms with Crippen LogP contribution in [0.3, 0.4) is 0 Å². The van der Waals surface area contributed by atoms with Crippen LogP contribution in [-0.4, -0.2) is 176 Å². The Labute approximate surface area is 483 Å². The lowest BCUT2D eigenvalue weighted by Crippen LogP contribution is -2.53. The highest BCUT2D eigenvalue weighted by Gasteiger charge is 2.56. The molecule has 4 aliphatic heterocycles. The molecule has 4 saturated heterocycles. The van der Waals surface area contributed by atoms with Gasteiger partial charge in [0.15, 0.2) is 25.0 Å². The Kier molecular flexibility index (Phi) is 24.5. The van der Waals surface area contributed by atoms with E-state index in [-0.39, 0.29) is 53.8 Å². The Bertz CT molecular complexity index is 2090. The van der Waals surface area contributed by atoms with Crippen LogP contribution in [0.5, 0.6) is 0 Å². The Balaban J connectivity index is 1.57. The van der Waals surface area contributed by atoms with Crippen LogP contribution in [0.2, 0.25) is 71.0 Å². The molecule has 0 aromatic carbocycles. The van der Waals surface area contributed by atoms with Crippen molar-refractivity contribution in [2.75, 3.05) is 46.4 Å². The normalized spacial score (nSPS) is 34.3. The van der Waals surface area contributed by atoms with Gasteiger partial charge < -0.3 is 55.3 Å². The fraction of sp³-hybridized carbons (Fsp3) is 1.00. The van der Waals surface area contributed by atoms with Crippen LogP contribution < -0.4 is 0 Å². The van der Waals surface area contributed by atoms with Crippen molar-refractivity contribution < 1.29 is 82.6 Å². The van der Waals surface area contributed by atoms with Gasteiger partial charge in [0.1, 0.15) is 54.9 Å². The van der Waals surface area contributed by atoms with Gasteiger partial charge in [0.05, 0.1) is 63.1 Å². The molecule has 0 aliphatic carbocycles. The zero-order valence-electron chi connectivity index (χ0n) is 54.2. The molecule has 0 spiro atoms. The lowest BCUT2D eigenvalue weighted by molar-refractivity contribution is -0.0286. The molecule has 0 aromatic rings. The minimum atomic E-state index is -4.05. The molecule has 0 aromatic heterocycles. The van der Waals surface area contributed by atoms with E-state index in [4.69, 9.17) is 63.8 Å².